The van der Waals surface area contributed by atoms with Crippen LogP contribution in [0.15, 0.2) is 18.2 Å². The molecule has 1 aromatic rings. The maximum Gasteiger partial charge on any atom is 0.252 e. The molecule has 1 fully saturated rings. The van der Waals surface area contributed by atoms with Crippen LogP contribution in [0, 0.1) is 11.7 Å². The summed E-state index contributed by atoms with van der Waals surface area (Å²) >= 11 is 0. The van der Waals surface area contributed by atoms with Crippen molar-refractivity contribution in [2.24, 2.45) is 5.92 Å². The van der Waals surface area contributed by atoms with E-state index < -0.39 is 17.8 Å². The fraction of sp³-hybridized carbons (Fsp3) is 0.471. The van der Waals surface area contributed by atoms with E-state index in [9.17, 15) is 18.8 Å². The molecule has 0 aliphatic carbocycles. The molecule has 2 rings (SSSR count). The predicted molar refractivity (Wildman–Crippen MR) is 88.9 cm³/mol. The van der Waals surface area contributed by atoms with Crippen molar-refractivity contribution < 1.29 is 18.8 Å². The van der Waals surface area contributed by atoms with Gasteiger partial charge in [-0.1, -0.05) is 13.8 Å². The molecule has 0 radical (unpaired) electrons. The first-order chi connectivity index (χ1) is 11.3. The number of likely N-dealkylation sites (tertiary alicyclic amines) is 1. The number of carbonyl (C=O) groups is 3. The Morgan fingerprint density at radius 1 is 1.38 bits per heavy atom. The van der Waals surface area contributed by atoms with Crippen LogP contribution in [0.3, 0.4) is 0 Å². The number of hydrogen-bond acceptors (Lipinski definition) is 4. The van der Waals surface area contributed by atoms with E-state index in [1.165, 1.54) is 30.0 Å². The Hall–Kier alpha value is -2.44. The first-order valence-electron chi connectivity index (χ1n) is 7.95. The molecule has 0 spiro atoms. The summed E-state index contributed by atoms with van der Waals surface area (Å²) in [5.74, 6) is -1.04. The largest absolute Gasteiger partial charge is 0.373 e. The third-order valence-corrected chi connectivity index (χ3v) is 3.79. The minimum Gasteiger partial charge on any atom is -0.373 e. The highest BCUT2D eigenvalue weighted by molar-refractivity contribution is 6.06. The number of amides is 3. The molecule has 0 bridgehead atoms. The van der Waals surface area contributed by atoms with Gasteiger partial charge in [-0.05, 0) is 30.5 Å². The molecular formula is C17H22FN3O3. The second-order valence-corrected chi connectivity index (χ2v) is 6.34. The van der Waals surface area contributed by atoms with Gasteiger partial charge in [-0.15, -0.1) is 0 Å². The number of nitrogens with one attached hydrogen (secondary N) is 2. The van der Waals surface area contributed by atoms with Gasteiger partial charge in [-0.25, -0.2) is 4.39 Å². The third kappa shape index (κ3) is 4.31. The topological polar surface area (TPSA) is 78.5 Å². The Bertz CT molecular complexity index is 660. The number of hydrogen-bond donors (Lipinski definition) is 2. The van der Waals surface area contributed by atoms with Crippen molar-refractivity contribution in [1.29, 1.82) is 0 Å². The zero-order valence-corrected chi connectivity index (χ0v) is 14.1. The average Bonchev–Trinajstić information content (AvgIpc) is 2.74. The smallest absolute Gasteiger partial charge is 0.252 e. The van der Waals surface area contributed by atoms with Crippen molar-refractivity contribution in [3.8, 4) is 0 Å². The van der Waals surface area contributed by atoms with Gasteiger partial charge < -0.3 is 10.6 Å². The quantitative estimate of drug-likeness (QED) is 0.782. The van der Waals surface area contributed by atoms with Gasteiger partial charge in [0.1, 0.15) is 11.9 Å². The highest BCUT2D eigenvalue weighted by Crippen LogP contribution is 2.23. The molecule has 0 saturated carbocycles. The number of anilines is 2. The molecule has 0 aromatic heterocycles. The molecule has 1 aliphatic rings. The maximum atomic E-state index is 13.6. The minimum atomic E-state index is -0.666. The van der Waals surface area contributed by atoms with Crippen LogP contribution in [0.2, 0.25) is 0 Å². The van der Waals surface area contributed by atoms with E-state index in [0.717, 1.165) is 6.42 Å². The lowest BCUT2D eigenvalue weighted by Crippen LogP contribution is -2.35. The highest BCUT2D eigenvalue weighted by Gasteiger charge is 2.38. The summed E-state index contributed by atoms with van der Waals surface area (Å²) in [6.45, 7) is 5.75. The SMILES string of the molecule is CC(=O)Nc1cc(N[C@@H]2CC(=O)N(CCC(C)C)C2=O)ccc1F. The van der Waals surface area contributed by atoms with Crippen LogP contribution < -0.4 is 10.6 Å². The first kappa shape index (κ1) is 17.9. The van der Waals surface area contributed by atoms with Crippen LogP contribution in [-0.2, 0) is 14.4 Å². The molecule has 0 unspecified atom stereocenters. The average molecular weight is 335 g/mol. The van der Waals surface area contributed by atoms with Crippen molar-refractivity contribution in [1.82, 2.24) is 4.90 Å². The number of halogens is 1. The van der Waals surface area contributed by atoms with Crippen LogP contribution in [0.1, 0.15) is 33.6 Å². The van der Waals surface area contributed by atoms with Crippen molar-refractivity contribution >= 4 is 29.1 Å². The summed E-state index contributed by atoms with van der Waals surface area (Å²) in [6.07, 6.45) is 0.831. The normalized spacial score (nSPS) is 17.5. The Labute approximate surface area is 140 Å². The van der Waals surface area contributed by atoms with E-state index in [2.05, 4.69) is 10.6 Å². The summed E-state index contributed by atoms with van der Waals surface area (Å²) in [7, 11) is 0. The van der Waals surface area contributed by atoms with Crippen LogP contribution >= 0.6 is 0 Å². The minimum absolute atomic E-state index is 0.0286. The van der Waals surface area contributed by atoms with E-state index in [-0.39, 0.29) is 23.9 Å². The standard InChI is InChI=1S/C17H22FN3O3/c1-10(2)6-7-21-16(23)9-15(17(21)24)20-12-4-5-13(18)14(8-12)19-11(3)22/h4-5,8,10,15,20H,6-7,9H2,1-3H3,(H,19,22)/t15-/m1/s1. The Morgan fingerprint density at radius 2 is 2.08 bits per heavy atom. The third-order valence-electron chi connectivity index (χ3n) is 3.79. The number of benzene rings is 1. The molecule has 1 aliphatic heterocycles. The van der Waals surface area contributed by atoms with Crippen molar-refractivity contribution in [2.75, 3.05) is 17.2 Å². The molecule has 24 heavy (non-hydrogen) atoms. The van der Waals surface area contributed by atoms with E-state index >= 15 is 0 Å². The zero-order valence-electron chi connectivity index (χ0n) is 14.1. The molecule has 1 atom stereocenters. The lowest BCUT2D eigenvalue weighted by molar-refractivity contribution is -0.138. The molecule has 1 aromatic carbocycles. The molecule has 2 N–H and O–H groups in total. The maximum absolute atomic E-state index is 13.6. The molecule has 7 heteroatoms. The Kier molecular flexibility index (Phi) is 5.54. The van der Waals surface area contributed by atoms with Crippen molar-refractivity contribution in [3.05, 3.63) is 24.0 Å². The van der Waals surface area contributed by atoms with E-state index in [4.69, 9.17) is 0 Å². The second-order valence-electron chi connectivity index (χ2n) is 6.34. The first-order valence-corrected chi connectivity index (χ1v) is 7.95. The number of nitrogens with zero attached hydrogens (tertiary/aromatic N) is 1. The highest BCUT2D eigenvalue weighted by atomic mass is 19.1. The van der Waals surface area contributed by atoms with E-state index in [0.29, 0.717) is 18.2 Å². The molecule has 130 valence electrons. The molecule has 1 saturated heterocycles. The number of imide groups is 1. The molecule has 1 heterocycles. The Balaban J connectivity index is 2.07. The zero-order chi connectivity index (χ0) is 17.9. The number of carbonyl (C=O) groups excluding carboxylic acids is 3. The van der Waals surface area contributed by atoms with Gasteiger partial charge >= 0.3 is 0 Å². The molecular weight excluding hydrogens is 313 g/mol. The van der Waals surface area contributed by atoms with Crippen LogP contribution in [0.25, 0.3) is 0 Å². The summed E-state index contributed by atoms with van der Waals surface area (Å²) in [6, 6.07) is 3.41. The fourth-order valence-corrected chi connectivity index (χ4v) is 2.52. The Morgan fingerprint density at radius 3 is 2.71 bits per heavy atom. The molecule has 6 nitrogen and oxygen atoms in total. The van der Waals surface area contributed by atoms with Gasteiger partial charge in [0, 0.05) is 19.2 Å². The predicted octanol–water partition coefficient (Wildman–Crippen LogP) is 2.37. The van der Waals surface area contributed by atoms with Gasteiger partial charge in [0.2, 0.25) is 11.8 Å². The van der Waals surface area contributed by atoms with Crippen molar-refractivity contribution in [2.45, 2.75) is 39.7 Å². The van der Waals surface area contributed by atoms with Gasteiger partial charge in [-0.3, -0.25) is 19.3 Å². The fourth-order valence-electron chi connectivity index (χ4n) is 2.52. The molecule has 3 amide bonds. The summed E-state index contributed by atoms with van der Waals surface area (Å²) < 4.78 is 13.6. The van der Waals surface area contributed by atoms with Crippen molar-refractivity contribution in [3.63, 3.8) is 0 Å². The second kappa shape index (κ2) is 7.42. The monoisotopic (exact) mass is 335 g/mol. The number of rotatable bonds is 6. The van der Waals surface area contributed by atoms with Gasteiger partial charge in [0.25, 0.3) is 5.91 Å². The lowest BCUT2D eigenvalue weighted by atomic mass is 10.1. The van der Waals surface area contributed by atoms with Crippen LogP contribution in [0.5, 0.6) is 0 Å². The van der Waals surface area contributed by atoms with Gasteiger partial charge in [0.15, 0.2) is 0 Å². The summed E-state index contributed by atoms with van der Waals surface area (Å²) in [5, 5.41) is 5.33. The van der Waals surface area contributed by atoms with Crippen LogP contribution in [0.4, 0.5) is 15.8 Å². The summed E-state index contributed by atoms with van der Waals surface area (Å²) in [4.78, 5) is 36.7. The van der Waals surface area contributed by atoms with Gasteiger partial charge in [0.05, 0.1) is 12.1 Å². The van der Waals surface area contributed by atoms with Crippen LogP contribution in [-0.4, -0.2) is 35.2 Å². The summed E-state index contributed by atoms with van der Waals surface area (Å²) in [5.41, 5.74) is 0.498. The van der Waals surface area contributed by atoms with E-state index in [1.807, 2.05) is 13.8 Å². The van der Waals surface area contributed by atoms with E-state index in [1.54, 1.807) is 0 Å². The lowest BCUT2D eigenvalue weighted by Gasteiger charge is -2.17. The van der Waals surface area contributed by atoms with Gasteiger partial charge in [-0.2, -0.15) is 0 Å².